The van der Waals surface area contributed by atoms with Gasteiger partial charge in [0, 0.05) is 11.1 Å². The summed E-state index contributed by atoms with van der Waals surface area (Å²) in [5.41, 5.74) is 0.984. The predicted molar refractivity (Wildman–Crippen MR) is 106 cm³/mol. The number of thioether (sulfide) groups is 1. The van der Waals surface area contributed by atoms with Crippen LogP contribution in [0.3, 0.4) is 0 Å². The second-order valence-corrected chi connectivity index (χ2v) is 6.57. The normalized spacial score (nSPS) is 14.1. The molecule has 0 saturated carbocycles. The van der Waals surface area contributed by atoms with Crippen LogP contribution in [-0.2, 0) is 9.53 Å². The van der Waals surface area contributed by atoms with Crippen molar-refractivity contribution in [1.29, 1.82) is 5.26 Å². The van der Waals surface area contributed by atoms with Crippen LogP contribution in [0.2, 0.25) is 0 Å². The van der Waals surface area contributed by atoms with E-state index in [0.717, 1.165) is 0 Å². The van der Waals surface area contributed by atoms with Crippen molar-refractivity contribution >= 4 is 28.6 Å². The Kier molecular flexibility index (Phi) is 6.25. The number of hydrogen-bond acceptors (Lipinski definition) is 7. The highest BCUT2D eigenvalue weighted by Gasteiger charge is 2.26. The van der Waals surface area contributed by atoms with Gasteiger partial charge in [0.2, 0.25) is 5.88 Å². The van der Waals surface area contributed by atoms with E-state index < -0.39 is 5.97 Å². The minimum absolute atomic E-state index is 0.0475. The molecule has 0 atom stereocenters. The van der Waals surface area contributed by atoms with Gasteiger partial charge in [-0.2, -0.15) is 5.26 Å². The van der Waals surface area contributed by atoms with E-state index >= 15 is 0 Å². The highest BCUT2D eigenvalue weighted by atomic mass is 32.2. The maximum absolute atomic E-state index is 12.4. The fraction of sp³-hybridized carbons (Fsp3) is 0.143. The van der Waals surface area contributed by atoms with Gasteiger partial charge in [0.1, 0.15) is 16.9 Å². The number of nitriles is 1. The minimum Gasteiger partial charge on any atom is -0.462 e. The molecule has 140 valence electrons. The van der Waals surface area contributed by atoms with E-state index in [1.54, 1.807) is 55.5 Å². The van der Waals surface area contributed by atoms with Crippen LogP contribution >= 0.6 is 11.8 Å². The van der Waals surface area contributed by atoms with Crippen molar-refractivity contribution in [2.75, 3.05) is 12.4 Å². The first-order chi connectivity index (χ1) is 13.6. The number of benzene rings is 2. The third-order valence-corrected chi connectivity index (χ3v) is 4.76. The number of rotatable bonds is 5. The number of ketones is 1. The zero-order valence-corrected chi connectivity index (χ0v) is 15.9. The van der Waals surface area contributed by atoms with Crippen LogP contribution in [0.4, 0.5) is 0 Å². The Morgan fingerprint density at radius 1 is 1.14 bits per heavy atom. The Labute approximate surface area is 166 Å². The first-order valence-corrected chi connectivity index (χ1v) is 9.51. The van der Waals surface area contributed by atoms with Gasteiger partial charge in [-0.25, -0.2) is 9.79 Å². The maximum Gasteiger partial charge on any atom is 0.354 e. The Morgan fingerprint density at radius 2 is 1.86 bits per heavy atom. The lowest BCUT2D eigenvalue weighted by atomic mass is 10.2. The fourth-order valence-electron chi connectivity index (χ4n) is 2.45. The third-order valence-electron chi connectivity index (χ3n) is 3.77. The number of para-hydroxylation sites is 1. The first-order valence-electron chi connectivity index (χ1n) is 8.52. The SMILES string of the molecule is CCOC(=O)/C(C#N)=C1\N=C(SCC(=O)c2ccccc2)c2ccccc2O1. The van der Waals surface area contributed by atoms with Crippen molar-refractivity contribution in [2.24, 2.45) is 4.99 Å². The summed E-state index contributed by atoms with van der Waals surface area (Å²) in [7, 11) is 0. The average molecular weight is 392 g/mol. The summed E-state index contributed by atoms with van der Waals surface area (Å²) in [4.78, 5) is 28.8. The topological polar surface area (TPSA) is 88.8 Å². The van der Waals surface area contributed by atoms with Gasteiger partial charge in [0.15, 0.2) is 11.4 Å². The van der Waals surface area contributed by atoms with E-state index in [1.165, 1.54) is 11.8 Å². The van der Waals surface area contributed by atoms with Crippen LogP contribution in [0, 0.1) is 11.3 Å². The monoisotopic (exact) mass is 392 g/mol. The van der Waals surface area contributed by atoms with Gasteiger partial charge in [0.05, 0.1) is 12.4 Å². The lowest BCUT2D eigenvalue weighted by Crippen LogP contribution is -2.16. The summed E-state index contributed by atoms with van der Waals surface area (Å²) in [6.45, 7) is 1.78. The summed E-state index contributed by atoms with van der Waals surface area (Å²) in [6, 6.07) is 17.9. The van der Waals surface area contributed by atoms with E-state index in [-0.39, 0.29) is 29.6 Å². The zero-order valence-electron chi connectivity index (χ0n) is 15.0. The Hall–Kier alpha value is -3.37. The van der Waals surface area contributed by atoms with Crippen molar-refractivity contribution in [3.8, 4) is 11.8 Å². The molecule has 0 spiro atoms. The van der Waals surface area contributed by atoms with Gasteiger partial charge >= 0.3 is 5.97 Å². The van der Waals surface area contributed by atoms with Crippen molar-refractivity contribution in [3.63, 3.8) is 0 Å². The largest absolute Gasteiger partial charge is 0.462 e. The summed E-state index contributed by atoms with van der Waals surface area (Å²) >= 11 is 1.22. The molecule has 0 aromatic heterocycles. The molecule has 1 aliphatic rings. The van der Waals surface area contributed by atoms with E-state index in [0.29, 0.717) is 21.9 Å². The number of ether oxygens (including phenoxy) is 2. The van der Waals surface area contributed by atoms with E-state index in [1.807, 2.05) is 12.1 Å². The molecule has 0 aliphatic carbocycles. The summed E-state index contributed by atoms with van der Waals surface area (Å²) in [6.07, 6.45) is 0. The number of carbonyl (C=O) groups is 2. The Balaban J connectivity index is 1.92. The Bertz CT molecular complexity index is 1010. The standard InChI is InChI=1S/C21H16N2O4S/c1-2-26-21(25)16(12-22)19-23-20(15-10-6-7-11-18(15)27-19)28-13-17(24)14-8-4-3-5-9-14/h3-11H,2,13H2,1H3/b19-16+. The van der Waals surface area contributed by atoms with E-state index in [4.69, 9.17) is 9.47 Å². The number of nitrogens with zero attached hydrogens (tertiary/aromatic N) is 2. The molecular weight excluding hydrogens is 376 g/mol. The van der Waals surface area contributed by atoms with E-state index in [2.05, 4.69) is 4.99 Å². The van der Waals surface area contributed by atoms with Crippen LogP contribution in [0.5, 0.6) is 5.75 Å². The highest BCUT2D eigenvalue weighted by Crippen LogP contribution is 2.32. The van der Waals surface area contributed by atoms with E-state index in [9.17, 15) is 14.9 Å². The van der Waals surface area contributed by atoms with Crippen molar-refractivity contribution in [1.82, 2.24) is 0 Å². The van der Waals surface area contributed by atoms with Gasteiger partial charge in [-0.3, -0.25) is 4.79 Å². The molecule has 2 aromatic rings. The van der Waals surface area contributed by atoms with Crippen LogP contribution < -0.4 is 4.74 Å². The zero-order chi connectivity index (χ0) is 19.9. The number of aliphatic imine (C=N–C) groups is 1. The van der Waals surface area contributed by atoms with Gasteiger partial charge in [-0.05, 0) is 19.1 Å². The summed E-state index contributed by atoms with van der Waals surface area (Å²) < 4.78 is 10.5. The molecule has 0 amide bonds. The number of fused-ring (bicyclic) bond motifs is 1. The molecule has 1 aliphatic heterocycles. The van der Waals surface area contributed by atoms with Crippen molar-refractivity contribution in [2.45, 2.75) is 6.92 Å². The molecule has 2 aromatic carbocycles. The highest BCUT2D eigenvalue weighted by molar-refractivity contribution is 8.15. The van der Waals surface area contributed by atoms with Crippen molar-refractivity contribution < 1.29 is 19.1 Å². The first kappa shape index (κ1) is 19.4. The number of esters is 1. The molecule has 1 heterocycles. The molecule has 28 heavy (non-hydrogen) atoms. The lowest BCUT2D eigenvalue weighted by Gasteiger charge is -2.19. The average Bonchev–Trinajstić information content (AvgIpc) is 2.73. The maximum atomic E-state index is 12.4. The number of hydrogen-bond donors (Lipinski definition) is 0. The van der Waals surface area contributed by atoms with Crippen molar-refractivity contribution in [3.05, 3.63) is 77.2 Å². The third kappa shape index (κ3) is 4.30. The molecule has 3 rings (SSSR count). The Morgan fingerprint density at radius 3 is 2.57 bits per heavy atom. The minimum atomic E-state index is -0.798. The summed E-state index contributed by atoms with van der Waals surface area (Å²) in [5, 5.41) is 9.86. The molecule has 0 N–H and O–H groups in total. The van der Waals surface area contributed by atoms with Crippen LogP contribution in [0.15, 0.2) is 71.0 Å². The van der Waals surface area contributed by atoms with Crippen LogP contribution in [0.25, 0.3) is 0 Å². The van der Waals surface area contributed by atoms with Gasteiger partial charge < -0.3 is 9.47 Å². The quantitative estimate of drug-likeness (QED) is 0.333. The fourth-order valence-corrected chi connectivity index (χ4v) is 3.36. The van der Waals surface area contributed by atoms with Gasteiger partial charge in [0.25, 0.3) is 0 Å². The molecule has 0 fully saturated rings. The summed E-state index contributed by atoms with van der Waals surface area (Å²) in [5.74, 6) is -0.360. The molecule has 6 nitrogen and oxygen atoms in total. The van der Waals surface area contributed by atoms with Crippen LogP contribution in [-0.4, -0.2) is 29.2 Å². The number of Topliss-reactive ketones (excluding diaryl/α,β-unsaturated/α-hetero) is 1. The molecule has 0 radical (unpaired) electrons. The van der Waals surface area contributed by atoms with Gasteiger partial charge in [-0.15, -0.1) is 0 Å². The van der Waals surface area contributed by atoms with Gasteiger partial charge in [-0.1, -0.05) is 54.2 Å². The smallest absolute Gasteiger partial charge is 0.354 e. The number of carbonyl (C=O) groups excluding carboxylic acids is 2. The molecular formula is C21H16N2O4S. The molecule has 0 bridgehead atoms. The second kappa shape index (κ2) is 9.02. The molecule has 7 heteroatoms. The molecule has 0 unspecified atom stereocenters. The lowest BCUT2D eigenvalue weighted by molar-refractivity contribution is -0.138. The second-order valence-electron chi connectivity index (χ2n) is 5.61. The van der Waals surface area contributed by atoms with Crippen LogP contribution in [0.1, 0.15) is 22.8 Å². The molecule has 0 saturated heterocycles. The predicted octanol–water partition coefficient (Wildman–Crippen LogP) is 3.74.